The maximum atomic E-state index is 11.1. The molecule has 1 aromatic heterocycles. The van der Waals surface area contributed by atoms with E-state index >= 15 is 0 Å². The fourth-order valence-electron chi connectivity index (χ4n) is 1.57. The quantitative estimate of drug-likeness (QED) is 0.839. The van der Waals surface area contributed by atoms with Crippen LogP contribution in [0.2, 0.25) is 0 Å². The number of hydrogen-bond acceptors (Lipinski definition) is 3. The van der Waals surface area contributed by atoms with Crippen LogP contribution in [-0.2, 0) is 0 Å². The van der Waals surface area contributed by atoms with Crippen molar-refractivity contribution in [2.75, 3.05) is 0 Å². The van der Waals surface area contributed by atoms with E-state index in [-0.39, 0.29) is 5.56 Å². The number of benzene rings is 1. The topological polar surface area (TPSA) is 62.5 Å². The molecule has 90 valence electrons. The summed E-state index contributed by atoms with van der Waals surface area (Å²) < 4.78 is 0. The molecule has 0 unspecified atom stereocenters. The molecule has 0 aliphatic carbocycles. The molecule has 0 amide bonds. The van der Waals surface area contributed by atoms with E-state index in [0.717, 1.165) is 5.69 Å². The van der Waals surface area contributed by atoms with Crippen LogP contribution in [0, 0.1) is 0 Å². The molecule has 2 rings (SSSR count). The second-order valence-electron chi connectivity index (χ2n) is 3.73. The van der Waals surface area contributed by atoms with Crippen molar-refractivity contribution in [2.45, 2.75) is 6.92 Å². The number of carbonyl (C=O) groups is 1. The molecule has 1 heterocycles. The molecule has 0 radical (unpaired) electrons. The summed E-state index contributed by atoms with van der Waals surface area (Å²) in [5, 5.41) is 9.06. The summed E-state index contributed by atoms with van der Waals surface area (Å²) in [4.78, 5) is 19.5. The number of carboxylic acids is 1. The number of pyridine rings is 1. The third kappa shape index (κ3) is 2.60. The van der Waals surface area contributed by atoms with E-state index in [1.54, 1.807) is 31.3 Å². The first-order valence-corrected chi connectivity index (χ1v) is 5.47. The van der Waals surface area contributed by atoms with E-state index < -0.39 is 5.97 Å². The number of aromatic carboxylic acids is 1. The standard InChI is InChI=1S/C14H12N2O2/c1-10(12-7-4-5-9-15-12)16-13-8-3-2-6-11(13)14(17)18/h2-9H,1H3,(H,17,18). The van der Waals surface area contributed by atoms with Crippen LogP contribution in [0.5, 0.6) is 0 Å². The predicted molar refractivity (Wildman–Crippen MR) is 69.5 cm³/mol. The van der Waals surface area contributed by atoms with Crippen LogP contribution >= 0.6 is 0 Å². The van der Waals surface area contributed by atoms with E-state index in [9.17, 15) is 4.79 Å². The molecule has 1 aromatic carbocycles. The second-order valence-corrected chi connectivity index (χ2v) is 3.73. The highest BCUT2D eigenvalue weighted by molar-refractivity contribution is 6.01. The van der Waals surface area contributed by atoms with Crippen LogP contribution in [0.15, 0.2) is 53.7 Å². The Morgan fingerprint density at radius 1 is 1.17 bits per heavy atom. The molecule has 1 N–H and O–H groups in total. The Kier molecular flexibility index (Phi) is 3.48. The van der Waals surface area contributed by atoms with Gasteiger partial charge in [0, 0.05) is 6.20 Å². The van der Waals surface area contributed by atoms with Gasteiger partial charge in [-0.1, -0.05) is 18.2 Å². The molecule has 0 aliphatic rings. The molecular weight excluding hydrogens is 228 g/mol. The monoisotopic (exact) mass is 240 g/mol. The van der Waals surface area contributed by atoms with Gasteiger partial charge in [0.1, 0.15) is 0 Å². The van der Waals surface area contributed by atoms with Crippen LogP contribution in [0.3, 0.4) is 0 Å². The number of para-hydroxylation sites is 1. The molecule has 0 atom stereocenters. The summed E-state index contributed by atoms with van der Waals surface area (Å²) in [5.41, 5.74) is 2.04. The van der Waals surface area contributed by atoms with Crippen molar-refractivity contribution in [3.63, 3.8) is 0 Å². The number of aromatic nitrogens is 1. The Labute approximate surface area is 105 Å². The Bertz CT molecular complexity index is 592. The minimum Gasteiger partial charge on any atom is -0.478 e. The molecule has 18 heavy (non-hydrogen) atoms. The summed E-state index contributed by atoms with van der Waals surface area (Å²) in [7, 11) is 0. The average Bonchev–Trinajstić information content (AvgIpc) is 2.40. The third-order valence-corrected chi connectivity index (χ3v) is 2.46. The normalized spacial score (nSPS) is 11.3. The highest BCUT2D eigenvalue weighted by Gasteiger charge is 2.08. The molecule has 0 fully saturated rings. The van der Waals surface area contributed by atoms with E-state index in [4.69, 9.17) is 5.11 Å². The van der Waals surface area contributed by atoms with Gasteiger partial charge in [-0.3, -0.25) is 9.98 Å². The summed E-state index contributed by atoms with van der Waals surface area (Å²) in [6, 6.07) is 12.2. The Morgan fingerprint density at radius 2 is 1.89 bits per heavy atom. The lowest BCUT2D eigenvalue weighted by Gasteiger charge is -2.03. The third-order valence-electron chi connectivity index (χ3n) is 2.46. The number of hydrogen-bond donors (Lipinski definition) is 1. The van der Waals surface area contributed by atoms with Crippen LogP contribution < -0.4 is 0 Å². The predicted octanol–water partition coefficient (Wildman–Crippen LogP) is 2.92. The molecule has 0 aliphatic heterocycles. The van der Waals surface area contributed by atoms with E-state index in [2.05, 4.69) is 9.98 Å². The molecular formula is C14H12N2O2. The zero-order valence-electron chi connectivity index (χ0n) is 9.87. The number of aliphatic imine (C=N–C) groups is 1. The fourth-order valence-corrected chi connectivity index (χ4v) is 1.57. The van der Waals surface area contributed by atoms with Crippen LogP contribution in [0.25, 0.3) is 0 Å². The molecule has 0 bridgehead atoms. The van der Waals surface area contributed by atoms with E-state index in [0.29, 0.717) is 11.4 Å². The van der Waals surface area contributed by atoms with Gasteiger partial charge in [-0.15, -0.1) is 0 Å². The second kappa shape index (κ2) is 5.23. The zero-order valence-corrected chi connectivity index (χ0v) is 9.87. The van der Waals surface area contributed by atoms with Gasteiger partial charge in [0.15, 0.2) is 0 Å². The van der Waals surface area contributed by atoms with Gasteiger partial charge in [0.05, 0.1) is 22.7 Å². The van der Waals surface area contributed by atoms with Gasteiger partial charge in [-0.05, 0) is 31.2 Å². The van der Waals surface area contributed by atoms with Crippen molar-refractivity contribution in [2.24, 2.45) is 4.99 Å². The van der Waals surface area contributed by atoms with Crippen molar-refractivity contribution < 1.29 is 9.90 Å². The molecule has 0 spiro atoms. The largest absolute Gasteiger partial charge is 0.478 e. The molecule has 0 saturated carbocycles. The van der Waals surface area contributed by atoms with Crippen LogP contribution in [0.4, 0.5) is 5.69 Å². The lowest BCUT2D eigenvalue weighted by Crippen LogP contribution is -2.00. The minimum atomic E-state index is -0.983. The van der Waals surface area contributed by atoms with Gasteiger partial charge in [-0.2, -0.15) is 0 Å². The van der Waals surface area contributed by atoms with E-state index in [1.807, 2.05) is 18.2 Å². The van der Waals surface area contributed by atoms with Crippen molar-refractivity contribution in [3.8, 4) is 0 Å². The van der Waals surface area contributed by atoms with Crippen molar-refractivity contribution in [1.82, 2.24) is 4.98 Å². The zero-order chi connectivity index (χ0) is 13.0. The minimum absolute atomic E-state index is 0.188. The molecule has 2 aromatic rings. The summed E-state index contributed by atoms with van der Waals surface area (Å²) in [6.07, 6.45) is 1.68. The first-order chi connectivity index (χ1) is 8.68. The first kappa shape index (κ1) is 12.0. The lowest BCUT2D eigenvalue weighted by molar-refractivity contribution is 0.0698. The van der Waals surface area contributed by atoms with Gasteiger partial charge in [-0.25, -0.2) is 4.79 Å². The first-order valence-electron chi connectivity index (χ1n) is 5.47. The van der Waals surface area contributed by atoms with Crippen molar-refractivity contribution in [3.05, 3.63) is 59.9 Å². The Balaban J connectivity index is 2.42. The van der Waals surface area contributed by atoms with Gasteiger partial charge < -0.3 is 5.11 Å². The highest BCUT2D eigenvalue weighted by Crippen LogP contribution is 2.19. The van der Waals surface area contributed by atoms with Gasteiger partial charge in [0.2, 0.25) is 0 Å². The van der Waals surface area contributed by atoms with Crippen LogP contribution in [0.1, 0.15) is 23.0 Å². The summed E-state index contributed by atoms with van der Waals surface area (Å²) >= 11 is 0. The summed E-state index contributed by atoms with van der Waals surface area (Å²) in [6.45, 7) is 1.81. The van der Waals surface area contributed by atoms with Crippen molar-refractivity contribution >= 4 is 17.4 Å². The van der Waals surface area contributed by atoms with Crippen LogP contribution in [-0.4, -0.2) is 21.8 Å². The van der Waals surface area contributed by atoms with Gasteiger partial charge >= 0.3 is 5.97 Å². The molecule has 4 heteroatoms. The number of nitrogens with zero attached hydrogens (tertiary/aromatic N) is 2. The Morgan fingerprint density at radius 3 is 2.56 bits per heavy atom. The number of carboxylic acid groups (broad SMARTS) is 1. The van der Waals surface area contributed by atoms with Gasteiger partial charge in [0.25, 0.3) is 0 Å². The number of rotatable bonds is 3. The maximum Gasteiger partial charge on any atom is 0.337 e. The maximum absolute atomic E-state index is 11.1. The summed E-state index contributed by atoms with van der Waals surface area (Å²) in [5.74, 6) is -0.983. The van der Waals surface area contributed by atoms with E-state index in [1.165, 1.54) is 6.07 Å². The highest BCUT2D eigenvalue weighted by atomic mass is 16.4. The van der Waals surface area contributed by atoms with Crippen molar-refractivity contribution in [1.29, 1.82) is 0 Å². The molecule has 4 nitrogen and oxygen atoms in total. The smallest absolute Gasteiger partial charge is 0.337 e. The Hall–Kier alpha value is -2.49. The molecule has 0 saturated heterocycles. The fraction of sp³-hybridized carbons (Fsp3) is 0.0714. The average molecular weight is 240 g/mol. The lowest BCUT2D eigenvalue weighted by atomic mass is 10.1. The SMILES string of the molecule is CC(=Nc1ccccc1C(=O)O)c1ccccn1.